The first-order chi connectivity index (χ1) is 14.1. The maximum absolute atomic E-state index is 13.5. The largest absolute Gasteiger partial charge is 0.383 e. The maximum atomic E-state index is 13.5. The second-order valence-electron chi connectivity index (χ2n) is 7.13. The number of benzene rings is 2. The van der Waals surface area contributed by atoms with Crippen molar-refractivity contribution in [3.8, 4) is 22.5 Å². The van der Waals surface area contributed by atoms with Crippen LogP contribution in [0.1, 0.15) is 18.1 Å². The van der Waals surface area contributed by atoms with Crippen LogP contribution < -0.4 is 5.56 Å². The van der Waals surface area contributed by atoms with E-state index < -0.39 is 0 Å². The maximum Gasteiger partial charge on any atom is 0.263 e. The van der Waals surface area contributed by atoms with E-state index in [1.807, 2.05) is 36.6 Å². The molecule has 4 nitrogen and oxygen atoms in total. The summed E-state index contributed by atoms with van der Waals surface area (Å²) in [6.45, 7) is 5.11. The number of aryl methyl sites for hydroxylation is 2. The van der Waals surface area contributed by atoms with Gasteiger partial charge in [0.05, 0.1) is 18.5 Å². The van der Waals surface area contributed by atoms with Gasteiger partial charge >= 0.3 is 0 Å². The summed E-state index contributed by atoms with van der Waals surface area (Å²) in [5, 5.41) is 2.73. The van der Waals surface area contributed by atoms with E-state index in [4.69, 9.17) is 9.72 Å². The third-order valence-corrected chi connectivity index (χ3v) is 6.07. The van der Waals surface area contributed by atoms with E-state index in [-0.39, 0.29) is 5.56 Å². The second kappa shape index (κ2) is 8.31. The van der Waals surface area contributed by atoms with Crippen LogP contribution >= 0.6 is 11.3 Å². The van der Waals surface area contributed by atoms with E-state index in [1.165, 1.54) is 22.5 Å². The van der Waals surface area contributed by atoms with Crippen molar-refractivity contribution in [2.75, 3.05) is 13.7 Å². The molecule has 0 radical (unpaired) electrons. The standard InChI is InChI=1S/C24H24N2O2S/c1-4-17-7-11-18(12-8-17)20-15-29-23-21(20)24(27)26(13-14-28-3)22(25-23)19-9-5-16(2)6-10-19/h5-12,15H,4,13-14H2,1-3H3. The molecule has 0 amide bonds. The van der Waals surface area contributed by atoms with Gasteiger partial charge in [-0.05, 0) is 24.5 Å². The lowest BCUT2D eigenvalue weighted by atomic mass is 10.0. The number of fused-ring (bicyclic) bond motifs is 1. The third kappa shape index (κ3) is 3.76. The van der Waals surface area contributed by atoms with Crippen molar-refractivity contribution in [1.82, 2.24) is 9.55 Å². The summed E-state index contributed by atoms with van der Waals surface area (Å²) < 4.78 is 7.00. The molecule has 0 saturated carbocycles. The van der Waals surface area contributed by atoms with Crippen LogP contribution in [0.4, 0.5) is 0 Å². The number of aromatic nitrogens is 2. The van der Waals surface area contributed by atoms with Crippen molar-refractivity contribution in [3.05, 3.63) is 75.4 Å². The molecule has 2 heterocycles. The van der Waals surface area contributed by atoms with Crippen molar-refractivity contribution >= 4 is 21.6 Å². The zero-order chi connectivity index (χ0) is 20.4. The number of hydrogen-bond donors (Lipinski definition) is 0. The van der Waals surface area contributed by atoms with Crippen molar-refractivity contribution in [3.63, 3.8) is 0 Å². The minimum absolute atomic E-state index is 0.0153. The van der Waals surface area contributed by atoms with Crippen molar-refractivity contribution < 1.29 is 4.74 Å². The van der Waals surface area contributed by atoms with Crippen LogP contribution in [-0.2, 0) is 17.7 Å². The highest BCUT2D eigenvalue weighted by Crippen LogP contribution is 2.32. The van der Waals surface area contributed by atoms with Crippen LogP contribution in [-0.4, -0.2) is 23.3 Å². The van der Waals surface area contributed by atoms with E-state index in [1.54, 1.807) is 11.7 Å². The fourth-order valence-corrected chi connectivity index (χ4v) is 4.41. The Bertz CT molecular complexity index is 1190. The number of rotatable bonds is 6. The Morgan fingerprint density at radius 2 is 1.72 bits per heavy atom. The lowest BCUT2D eigenvalue weighted by molar-refractivity contribution is 0.186. The quantitative estimate of drug-likeness (QED) is 0.437. The molecule has 0 unspecified atom stereocenters. The molecule has 29 heavy (non-hydrogen) atoms. The molecule has 5 heteroatoms. The molecule has 0 spiro atoms. The van der Waals surface area contributed by atoms with Crippen LogP contribution in [0.15, 0.2) is 58.7 Å². The number of nitrogens with zero attached hydrogens (tertiary/aromatic N) is 2. The Hall–Kier alpha value is -2.76. The fourth-order valence-electron chi connectivity index (χ4n) is 3.47. The Labute approximate surface area is 174 Å². The summed E-state index contributed by atoms with van der Waals surface area (Å²) in [5.74, 6) is 0.689. The van der Waals surface area contributed by atoms with Gasteiger partial charge in [0, 0.05) is 23.6 Å². The molecule has 0 aliphatic rings. The average molecular weight is 405 g/mol. The minimum Gasteiger partial charge on any atom is -0.383 e. The number of methoxy groups -OCH3 is 1. The summed E-state index contributed by atoms with van der Waals surface area (Å²) in [5.41, 5.74) is 5.38. The summed E-state index contributed by atoms with van der Waals surface area (Å²) >= 11 is 1.52. The molecule has 2 aromatic heterocycles. The van der Waals surface area contributed by atoms with E-state index in [0.29, 0.717) is 24.4 Å². The fraction of sp³-hybridized carbons (Fsp3) is 0.250. The molecule has 4 rings (SSSR count). The van der Waals surface area contributed by atoms with E-state index in [0.717, 1.165) is 27.9 Å². The van der Waals surface area contributed by atoms with Gasteiger partial charge in [0.1, 0.15) is 10.7 Å². The zero-order valence-corrected chi connectivity index (χ0v) is 17.8. The van der Waals surface area contributed by atoms with Crippen molar-refractivity contribution in [2.45, 2.75) is 26.8 Å². The molecule has 0 saturated heterocycles. The van der Waals surface area contributed by atoms with Crippen LogP contribution in [0, 0.1) is 6.92 Å². The lowest BCUT2D eigenvalue weighted by Gasteiger charge is -2.13. The summed E-state index contributed by atoms with van der Waals surface area (Å²) in [6, 6.07) is 16.5. The summed E-state index contributed by atoms with van der Waals surface area (Å²) in [4.78, 5) is 19.2. The smallest absolute Gasteiger partial charge is 0.263 e. The SMILES string of the molecule is CCc1ccc(-c2csc3nc(-c4ccc(C)cc4)n(CCOC)c(=O)c23)cc1. The number of hydrogen-bond acceptors (Lipinski definition) is 4. The van der Waals surface area contributed by atoms with Crippen LogP contribution in [0.25, 0.3) is 32.7 Å². The Morgan fingerprint density at radius 1 is 1.03 bits per heavy atom. The van der Waals surface area contributed by atoms with Crippen LogP contribution in [0.5, 0.6) is 0 Å². The average Bonchev–Trinajstić information content (AvgIpc) is 3.18. The van der Waals surface area contributed by atoms with Gasteiger partial charge in [0.2, 0.25) is 0 Å². The Morgan fingerprint density at radius 3 is 2.38 bits per heavy atom. The molecule has 4 aromatic rings. The molecule has 0 aliphatic carbocycles. The monoisotopic (exact) mass is 404 g/mol. The molecule has 2 aromatic carbocycles. The van der Waals surface area contributed by atoms with Gasteiger partial charge in [-0.3, -0.25) is 9.36 Å². The van der Waals surface area contributed by atoms with Gasteiger partial charge in [0.15, 0.2) is 0 Å². The lowest BCUT2D eigenvalue weighted by Crippen LogP contribution is -2.25. The van der Waals surface area contributed by atoms with Gasteiger partial charge < -0.3 is 4.74 Å². The predicted octanol–water partition coefficient (Wildman–Crippen LogP) is 5.31. The summed E-state index contributed by atoms with van der Waals surface area (Å²) in [6.07, 6.45) is 0.996. The molecule has 0 aliphatic heterocycles. The molecule has 0 N–H and O–H groups in total. The molecular formula is C24H24N2O2S. The van der Waals surface area contributed by atoms with Crippen molar-refractivity contribution in [1.29, 1.82) is 0 Å². The first-order valence-electron chi connectivity index (χ1n) is 9.79. The molecule has 0 atom stereocenters. The first-order valence-corrected chi connectivity index (χ1v) is 10.7. The topological polar surface area (TPSA) is 44.1 Å². The highest BCUT2D eigenvalue weighted by atomic mass is 32.1. The first kappa shape index (κ1) is 19.6. The minimum atomic E-state index is -0.0153. The van der Waals surface area contributed by atoms with Gasteiger partial charge in [-0.1, -0.05) is 61.0 Å². The van der Waals surface area contributed by atoms with Crippen LogP contribution in [0.2, 0.25) is 0 Å². The number of thiophene rings is 1. The van der Waals surface area contributed by atoms with Gasteiger partial charge in [0.25, 0.3) is 5.56 Å². The Balaban J connectivity index is 1.92. The van der Waals surface area contributed by atoms with Crippen molar-refractivity contribution in [2.24, 2.45) is 0 Å². The van der Waals surface area contributed by atoms with E-state index in [9.17, 15) is 4.79 Å². The van der Waals surface area contributed by atoms with Crippen LogP contribution in [0.3, 0.4) is 0 Å². The predicted molar refractivity (Wildman–Crippen MR) is 121 cm³/mol. The summed E-state index contributed by atoms with van der Waals surface area (Å²) in [7, 11) is 1.65. The molecule has 0 fully saturated rings. The normalized spacial score (nSPS) is 11.3. The third-order valence-electron chi connectivity index (χ3n) is 5.20. The molecule has 148 valence electrons. The van der Waals surface area contributed by atoms with Gasteiger partial charge in [-0.25, -0.2) is 4.98 Å². The Kier molecular flexibility index (Phi) is 5.60. The van der Waals surface area contributed by atoms with Gasteiger partial charge in [-0.15, -0.1) is 11.3 Å². The number of ether oxygens (including phenoxy) is 1. The second-order valence-corrected chi connectivity index (χ2v) is 7.99. The van der Waals surface area contributed by atoms with E-state index in [2.05, 4.69) is 31.2 Å². The van der Waals surface area contributed by atoms with Gasteiger partial charge in [-0.2, -0.15) is 0 Å². The molecule has 0 bridgehead atoms. The zero-order valence-electron chi connectivity index (χ0n) is 16.9. The molecular weight excluding hydrogens is 380 g/mol. The van der Waals surface area contributed by atoms with E-state index >= 15 is 0 Å². The highest BCUT2D eigenvalue weighted by molar-refractivity contribution is 7.17. The highest BCUT2D eigenvalue weighted by Gasteiger charge is 2.18.